The van der Waals surface area contributed by atoms with Crippen LogP contribution in [0.2, 0.25) is 0 Å². The molecule has 1 aliphatic carbocycles. The molecule has 2 aromatic carbocycles. The number of nitriles is 1. The average Bonchev–Trinajstić information content (AvgIpc) is 2.91. The summed E-state index contributed by atoms with van der Waals surface area (Å²) in [5, 5.41) is 9.56. The van der Waals surface area contributed by atoms with Crippen LogP contribution in [-0.2, 0) is 17.6 Å². The van der Waals surface area contributed by atoms with Crippen LogP contribution in [0.3, 0.4) is 0 Å². The molecular formula is C32H41FN4O2. The quantitative estimate of drug-likeness (QED) is 0.497. The number of fused-ring (bicyclic) bond motifs is 1. The fraction of sp³-hybridized carbons (Fsp3) is 0.562. The van der Waals surface area contributed by atoms with Gasteiger partial charge in [0.2, 0.25) is 0 Å². The van der Waals surface area contributed by atoms with E-state index in [1.807, 2.05) is 25.2 Å². The molecule has 2 fully saturated rings. The molecule has 6 nitrogen and oxygen atoms in total. The van der Waals surface area contributed by atoms with Crippen LogP contribution in [0, 0.1) is 17.1 Å². The molecule has 208 valence electrons. The molecule has 0 spiro atoms. The number of carbonyl (C=O) groups excluding carboxylic acids is 1. The highest BCUT2D eigenvalue weighted by atomic mass is 19.1. The zero-order valence-corrected chi connectivity index (χ0v) is 23.2. The first-order valence-corrected chi connectivity index (χ1v) is 14.6. The maximum absolute atomic E-state index is 13.7. The van der Waals surface area contributed by atoms with Gasteiger partial charge in [0.25, 0.3) is 5.91 Å². The molecule has 1 atom stereocenters. The molecular weight excluding hydrogens is 491 g/mol. The third kappa shape index (κ3) is 6.87. The summed E-state index contributed by atoms with van der Waals surface area (Å²) >= 11 is 0. The number of carbonyl (C=O) groups is 1. The lowest BCUT2D eigenvalue weighted by Crippen LogP contribution is -2.60. The first-order valence-electron chi connectivity index (χ1n) is 14.6. The summed E-state index contributed by atoms with van der Waals surface area (Å²) < 4.78 is 19.4. The minimum Gasteiger partial charge on any atom is -0.380 e. The van der Waals surface area contributed by atoms with Crippen LogP contribution in [0.15, 0.2) is 36.4 Å². The number of ether oxygens (including phenoxy) is 1. The largest absolute Gasteiger partial charge is 0.380 e. The normalized spacial score (nSPS) is 19.7. The van der Waals surface area contributed by atoms with Gasteiger partial charge in [-0.05, 0) is 99.0 Å². The van der Waals surface area contributed by atoms with Gasteiger partial charge in [0.15, 0.2) is 0 Å². The van der Waals surface area contributed by atoms with E-state index in [-0.39, 0.29) is 17.6 Å². The van der Waals surface area contributed by atoms with Gasteiger partial charge in [-0.15, -0.1) is 0 Å². The van der Waals surface area contributed by atoms with Crippen LogP contribution in [0.5, 0.6) is 0 Å². The highest BCUT2D eigenvalue weighted by molar-refractivity contribution is 5.96. The highest BCUT2D eigenvalue weighted by Crippen LogP contribution is 2.29. The van der Waals surface area contributed by atoms with Crippen molar-refractivity contribution in [3.8, 4) is 6.07 Å². The molecule has 0 unspecified atom stereocenters. The molecule has 39 heavy (non-hydrogen) atoms. The van der Waals surface area contributed by atoms with Crippen molar-refractivity contribution in [1.29, 1.82) is 5.26 Å². The van der Waals surface area contributed by atoms with Crippen molar-refractivity contribution in [3.63, 3.8) is 0 Å². The number of nitrogens with zero attached hydrogens (tertiary/aromatic N) is 4. The molecule has 5 rings (SSSR count). The minimum atomic E-state index is -0.246. The van der Waals surface area contributed by atoms with Gasteiger partial charge in [-0.3, -0.25) is 9.69 Å². The number of rotatable bonds is 8. The van der Waals surface area contributed by atoms with Crippen molar-refractivity contribution in [2.24, 2.45) is 0 Å². The van der Waals surface area contributed by atoms with E-state index >= 15 is 0 Å². The van der Waals surface area contributed by atoms with E-state index in [9.17, 15) is 14.4 Å². The van der Waals surface area contributed by atoms with Crippen molar-refractivity contribution in [2.75, 3.05) is 59.5 Å². The third-order valence-corrected chi connectivity index (χ3v) is 8.76. The van der Waals surface area contributed by atoms with Gasteiger partial charge < -0.3 is 14.5 Å². The Morgan fingerprint density at radius 3 is 2.69 bits per heavy atom. The Morgan fingerprint density at radius 2 is 1.90 bits per heavy atom. The number of benzene rings is 2. The van der Waals surface area contributed by atoms with Crippen molar-refractivity contribution >= 4 is 5.91 Å². The zero-order chi connectivity index (χ0) is 27.2. The first-order chi connectivity index (χ1) is 19.0. The van der Waals surface area contributed by atoms with E-state index in [4.69, 9.17) is 4.74 Å². The number of hydrogen-bond acceptors (Lipinski definition) is 5. The fourth-order valence-corrected chi connectivity index (χ4v) is 6.41. The molecule has 0 bridgehead atoms. The van der Waals surface area contributed by atoms with Gasteiger partial charge in [0.1, 0.15) is 5.82 Å². The van der Waals surface area contributed by atoms with Gasteiger partial charge >= 0.3 is 0 Å². The third-order valence-electron chi connectivity index (χ3n) is 8.76. The van der Waals surface area contributed by atoms with Crippen LogP contribution >= 0.6 is 0 Å². The summed E-state index contributed by atoms with van der Waals surface area (Å²) in [5.74, 6) is -0.172. The van der Waals surface area contributed by atoms with Gasteiger partial charge in [-0.1, -0.05) is 12.1 Å². The Hall–Kier alpha value is -2.79. The van der Waals surface area contributed by atoms with Crippen LogP contribution < -0.4 is 0 Å². The maximum Gasteiger partial charge on any atom is 0.253 e. The molecule has 0 N–H and O–H groups in total. The Balaban J connectivity index is 1.24. The summed E-state index contributed by atoms with van der Waals surface area (Å²) in [7, 11) is 1.86. The number of halogens is 1. The molecule has 7 heteroatoms. The summed E-state index contributed by atoms with van der Waals surface area (Å²) in [5.41, 5.74) is 4.54. The number of amides is 1. The van der Waals surface area contributed by atoms with E-state index in [0.29, 0.717) is 23.7 Å². The smallest absolute Gasteiger partial charge is 0.253 e. The van der Waals surface area contributed by atoms with E-state index in [1.54, 1.807) is 11.0 Å². The summed E-state index contributed by atoms with van der Waals surface area (Å²) in [6, 6.07) is 13.3. The second-order valence-corrected chi connectivity index (χ2v) is 11.5. The number of likely N-dealkylation sites (tertiary alicyclic amines) is 1. The number of hydrogen-bond donors (Lipinski definition) is 0. The molecule has 2 aliphatic heterocycles. The van der Waals surface area contributed by atoms with Crippen molar-refractivity contribution in [3.05, 3.63) is 70.0 Å². The highest BCUT2D eigenvalue weighted by Gasteiger charge is 2.32. The molecule has 1 amide bonds. The predicted octanol–water partition coefficient (Wildman–Crippen LogP) is 4.62. The molecule has 2 heterocycles. The monoisotopic (exact) mass is 532 g/mol. The van der Waals surface area contributed by atoms with Gasteiger partial charge in [-0.25, -0.2) is 4.39 Å². The molecule has 3 aliphatic rings. The Bertz CT molecular complexity index is 1160. The molecule has 0 aromatic heterocycles. The summed E-state index contributed by atoms with van der Waals surface area (Å²) in [4.78, 5) is 20.6. The van der Waals surface area contributed by atoms with E-state index in [0.717, 1.165) is 101 Å². The molecule has 0 saturated carbocycles. The van der Waals surface area contributed by atoms with E-state index in [2.05, 4.69) is 15.9 Å². The average molecular weight is 533 g/mol. The fourth-order valence-electron chi connectivity index (χ4n) is 6.41. The lowest BCUT2D eigenvalue weighted by atomic mass is 9.86. The van der Waals surface area contributed by atoms with Gasteiger partial charge in [0.05, 0.1) is 18.2 Å². The zero-order valence-electron chi connectivity index (χ0n) is 23.2. The van der Waals surface area contributed by atoms with Crippen molar-refractivity contribution < 1.29 is 13.9 Å². The second kappa shape index (κ2) is 13.0. The number of likely N-dealkylation sites (N-methyl/N-ethyl adjacent to an activating group) is 1. The summed E-state index contributed by atoms with van der Waals surface area (Å²) in [6.07, 6.45) is 7.22. The van der Waals surface area contributed by atoms with Crippen LogP contribution in [0.1, 0.15) is 70.6 Å². The molecule has 2 saturated heterocycles. The van der Waals surface area contributed by atoms with Crippen LogP contribution in [0.25, 0.3) is 0 Å². The lowest BCUT2D eigenvalue weighted by molar-refractivity contribution is -0.0000911. The lowest BCUT2D eigenvalue weighted by Gasteiger charge is -2.46. The van der Waals surface area contributed by atoms with Crippen molar-refractivity contribution in [2.45, 2.75) is 56.9 Å². The second-order valence-electron chi connectivity index (χ2n) is 11.5. The van der Waals surface area contributed by atoms with Crippen molar-refractivity contribution in [1.82, 2.24) is 14.7 Å². The predicted molar refractivity (Wildman–Crippen MR) is 150 cm³/mol. The van der Waals surface area contributed by atoms with Crippen LogP contribution in [-0.4, -0.2) is 86.2 Å². The van der Waals surface area contributed by atoms with Crippen LogP contribution in [0.4, 0.5) is 4.39 Å². The first kappa shape index (κ1) is 27.8. The minimum absolute atomic E-state index is 0.0272. The van der Waals surface area contributed by atoms with E-state index < -0.39 is 0 Å². The van der Waals surface area contributed by atoms with Gasteiger partial charge in [0, 0.05) is 57.4 Å². The Morgan fingerprint density at radius 1 is 1.10 bits per heavy atom. The Labute approximate surface area is 232 Å². The maximum atomic E-state index is 13.7. The van der Waals surface area contributed by atoms with E-state index in [1.165, 1.54) is 18.6 Å². The number of aryl methyl sites for hydroxylation is 1. The topological polar surface area (TPSA) is 59.8 Å². The van der Waals surface area contributed by atoms with Gasteiger partial charge in [-0.2, -0.15) is 5.26 Å². The molecule has 2 aromatic rings. The SMILES string of the molecule is CN(C[C@@H](CCN1CC(N2CCCCOCC2)C1)c1ccc(F)cc1)C(=O)c1cc(C#N)cc2c1CCCC2. The standard InChI is InChI=1S/C32H41FN4O2/c1-35(32(38)31-19-24(20-34)18-26-6-2-3-7-30(26)31)21-27(25-8-10-28(33)11-9-25)12-14-36-22-29(23-36)37-13-4-5-16-39-17-15-37/h8-11,18-19,27,29H,2-7,12-17,21-23H2,1H3/t27-/m1/s1. The summed E-state index contributed by atoms with van der Waals surface area (Å²) in [6.45, 7) is 7.52. The Kier molecular flexibility index (Phi) is 9.28. The molecule has 0 radical (unpaired) electrons.